The SMILES string of the molecule is Cc1ccc(-c2nnc(CCC(=O)N3CCN(Cc4nc5sc(C)c(C)c5c(=O)[nH]4)CC3)o2)cc1. The van der Waals surface area contributed by atoms with Gasteiger partial charge in [0.25, 0.3) is 5.56 Å². The molecule has 0 aliphatic carbocycles. The summed E-state index contributed by atoms with van der Waals surface area (Å²) in [6, 6.07) is 7.89. The summed E-state index contributed by atoms with van der Waals surface area (Å²) in [7, 11) is 0. The van der Waals surface area contributed by atoms with Crippen LogP contribution in [0.15, 0.2) is 33.5 Å². The van der Waals surface area contributed by atoms with E-state index in [1.807, 2.05) is 49.9 Å². The van der Waals surface area contributed by atoms with Gasteiger partial charge in [-0.25, -0.2) is 4.98 Å². The van der Waals surface area contributed by atoms with Gasteiger partial charge in [0.2, 0.25) is 17.7 Å². The molecular formula is C25H28N6O3S. The molecule has 3 aromatic heterocycles. The molecule has 1 N–H and O–H groups in total. The normalized spacial score (nSPS) is 14.7. The van der Waals surface area contributed by atoms with E-state index >= 15 is 0 Å². The molecule has 0 unspecified atom stereocenters. The van der Waals surface area contributed by atoms with E-state index in [4.69, 9.17) is 4.42 Å². The Bertz CT molecular complexity index is 1410. The lowest BCUT2D eigenvalue weighted by Crippen LogP contribution is -2.48. The van der Waals surface area contributed by atoms with Crippen LogP contribution in [0.3, 0.4) is 0 Å². The molecule has 35 heavy (non-hydrogen) atoms. The van der Waals surface area contributed by atoms with Crippen LogP contribution in [0, 0.1) is 20.8 Å². The Kier molecular flexibility index (Phi) is 6.48. The van der Waals surface area contributed by atoms with Gasteiger partial charge in [-0.3, -0.25) is 14.5 Å². The third kappa shape index (κ3) is 5.03. The van der Waals surface area contributed by atoms with Crippen molar-refractivity contribution >= 4 is 27.5 Å². The summed E-state index contributed by atoms with van der Waals surface area (Å²) >= 11 is 1.56. The quantitative estimate of drug-likeness (QED) is 0.440. The van der Waals surface area contributed by atoms with E-state index < -0.39 is 0 Å². The van der Waals surface area contributed by atoms with Gasteiger partial charge < -0.3 is 14.3 Å². The Morgan fingerprint density at radius 2 is 1.83 bits per heavy atom. The lowest BCUT2D eigenvalue weighted by atomic mass is 10.1. The summed E-state index contributed by atoms with van der Waals surface area (Å²) in [5.74, 6) is 1.69. The van der Waals surface area contributed by atoms with Crippen molar-refractivity contribution in [1.29, 1.82) is 0 Å². The van der Waals surface area contributed by atoms with Gasteiger partial charge in [-0.1, -0.05) is 17.7 Å². The molecule has 0 bridgehead atoms. The molecule has 1 aromatic carbocycles. The number of aromatic nitrogens is 4. The predicted octanol–water partition coefficient (Wildman–Crippen LogP) is 3.24. The average Bonchev–Trinajstić information content (AvgIpc) is 3.43. The third-order valence-corrected chi connectivity index (χ3v) is 7.61. The van der Waals surface area contributed by atoms with Gasteiger partial charge in [0.15, 0.2) is 0 Å². The molecule has 0 spiro atoms. The van der Waals surface area contributed by atoms with Crippen LogP contribution in [0.5, 0.6) is 0 Å². The van der Waals surface area contributed by atoms with Crippen molar-refractivity contribution in [3.63, 3.8) is 0 Å². The maximum absolute atomic E-state index is 12.7. The highest BCUT2D eigenvalue weighted by Crippen LogP contribution is 2.26. The fourth-order valence-corrected chi connectivity index (χ4v) is 5.33. The molecule has 1 aliphatic rings. The summed E-state index contributed by atoms with van der Waals surface area (Å²) in [6.45, 7) is 9.30. The lowest BCUT2D eigenvalue weighted by molar-refractivity contribution is -0.133. The van der Waals surface area contributed by atoms with Crippen molar-refractivity contribution < 1.29 is 9.21 Å². The van der Waals surface area contributed by atoms with Gasteiger partial charge in [-0.2, -0.15) is 0 Å². The van der Waals surface area contributed by atoms with Crippen molar-refractivity contribution in [3.05, 3.63) is 62.3 Å². The fourth-order valence-electron chi connectivity index (χ4n) is 4.28. The number of hydrogen-bond acceptors (Lipinski definition) is 8. The molecule has 182 valence electrons. The van der Waals surface area contributed by atoms with Crippen LogP contribution in [-0.4, -0.2) is 62.1 Å². The molecule has 5 rings (SSSR count). The van der Waals surface area contributed by atoms with Crippen LogP contribution < -0.4 is 5.56 Å². The predicted molar refractivity (Wildman–Crippen MR) is 134 cm³/mol. The first-order chi connectivity index (χ1) is 16.9. The van der Waals surface area contributed by atoms with Crippen LogP contribution in [0.4, 0.5) is 0 Å². The van der Waals surface area contributed by atoms with Gasteiger partial charge in [0, 0.05) is 49.5 Å². The Balaban J connectivity index is 1.12. The molecule has 10 heteroatoms. The lowest BCUT2D eigenvalue weighted by Gasteiger charge is -2.34. The number of amides is 1. The number of benzene rings is 1. The molecule has 1 aliphatic heterocycles. The molecular weight excluding hydrogens is 464 g/mol. The average molecular weight is 493 g/mol. The number of H-pyrrole nitrogens is 1. The Hall–Kier alpha value is -3.37. The van der Waals surface area contributed by atoms with E-state index in [9.17, 15) is 9.59 Å². The summed E-state index contributed by atoms with van der Waals surface area (Å²) in [4.78, 5) is 38.9. The van der Waals surface area contributed by atoms with Gasteiger partial charge in [-0.05, 0) is 38.5 Å². The number of carbonyl (C=O) groups excluding carboxylic acids is 1. The van der Waals surface area contributed by atoms with Crippen LogP contribution in [0.2, 0.25) is 0 Å². The van der Waals surface area contributed by atoms with E-state index in [0.29, 0.717) is 55.5 Å². The number of nitrogens with zero attached hydrogens (tertiary/aromatic N) is 5. The van der Waals surface area contributed by atoms with E-state index in [0.717, 1.165) is 39.5 Å². The second-order valence-electron chi connectivity index (χ2n) is 9.00. The zero-order valence-electron chi connectivity index (χ0n) is 20.1. The first-order valence-electron chi connectivity index (χ1n) is 11.8. The number of aromatic amines is 1. The van der Waals surface area contributed by atoms with Crippen molar-refractivity contribution in [3.8, 4) is 11.5 Å². The summed E-state index contributed by atoms with van der Waals surface area (Å²) in [5, 5.41) is 8.90. The van der Waals surface area contributed by atoms with Gasteiger partial charge >= 0.3 is 0 Å². The molecule has 1 amide bonds. The second kappa shape index (κ2) is 9.71. The maximum Gasteiger partial charge on any atom is 0.259 e. The molecule has 1 saturated heterocycles. The molecule has 0 saturated carbocycles. The van der Waals surface area contributed by atoms with Crippen molar-refractivity contribution in [2.75, 3.05) is 26.2 Å². The summed E-state index contributed by atoms with van der Waals surface area (Å²) in [6.07, 6.45) is 0.751. The molecule has 0 radical (unpaired) electrons. The van der Waals surface area contributed by atoms with E-state index in [1.54, 1.807) is 11.3 Å². The van der Waals surface area contributed by atoms with E-state index in [-0.39, 0.29) is 11.5 Å². The topological polar surface area (TPSA) is 108 Å². The smallest absolute Gasteiger partial charge is 0.259 e. The minimum atomic E-state index is -0.0766. The van der Waals surface area contributed by atoms with Crippen LogP contribution in [-0.2, 0) is 17.8 Å². The Morgan fingerprint density at radius 3 is 2.57 bits per heavy atom. The molecule has 4 heterocycles. The minimum Gasteiger partial charge on any atom is -0.421 e. The number of rotatable bonds is 6. The molecule has 9 nitrogen and oxygen atoms in total. The van der Waals surface area contributed by atoms with Crippen LogP contribution >= 0.6 is 11.3 Å². The zero-order chi connectivity index (χ0) is 24.5. The number of nitrogens with one attached hydrogen (secondary N) is 1. The van der Waals surface area contributed by atoms with Gasteiger partial charge in [0.05, 0.1) is 11.9 Å². The zero-order valence-corrected chi connectivity index (χ0v) is 20.9. The van der Waals surface area contributed by atoms with Gasteiger partial charge in [0.1, 0.15) is 10.7 Å². The maximum atomic E-state index is 12.7. The van der Waals surface area contributed by atoms with Crippen molar-refractivity contribution in [1.82, 2.24) is 30.0 Å². The number of carbonyl (C=O) groups is 1. The highest BCUT2D eigenvalue weighted by molar-refractivity contribution is 7.18. The first-order valence-corrected chi connectivity index (χ1v) is 12.6. The third-order valence-electron chi connectivity index (χ3n) is 6.50. The minimum absolute atomic E-state index is 0.0766. The monoisotopic (exact) mass is 492 g/mol. The number of aryl methyl sites for hydroxylation is 4. The summed E-state index contributed by atoms with van der Waals surface area (Å²) in [5.41, 5.74) is 2.96. The van der Waals surface area contributed by atoms with Gasteiger partial charge in [-0.15, -0.1) is 21.5 Å². The highest BCUT2D eigenvalue weighted by atomic mass is 32.1. The Labute approximate surface area is 206 Å². The van der Waals surface area contributed by atoms with Crippen molar-refractivity contribution in [2.24, 2.45) is 0 Å². The van der Waals surface area contributed by atoms with Crippen molar-refractivity contribution in [2.45, 2.75) is 40.2 Å². The summed E-state index contributed by atoms with van der Waals surface area (Å²) < 4.78 is 5.74. The molecule has 4 aromatic rings. The molecule has 1 fully saturated rings. The first kappa shape index (κ1) is 23.4. The number of piperazine rings is 1. The fraction of sp³-hybridized carbons (Fsp3) is 0.400. The number of fused-ring (bicyclic) bond motifs is 1. The Morgan fingerprint density at radius 1 is 1.09 bits per heavy atom. The van der Waals surface area contributed by atoms with E-state index in [2.05, 4.69) is 25.1 Å². The standard InChI is InChI=1S/C25H28N6O3S/c1-15-4-6-18(7-5-15)24-29-28-20(34-24)8-9-21(32)31-12-10-30(11-13-31)14-19-26-23(33)22-16(2)17(3)35-25(22)27-19/h4-7H,8-14H2,1-3H3,(H,26,27,33). The van der Waals surface area contributed by atoms with E-state index in [1.165, 1.54) is 0 Å². The van der Waals surface area contributed by atoms with Crippen LogP contribution in [0.1, 0.15) is 34.1 Å². The highest BCUT2D eigenvalue weighted by Gasteiger charge is 2.23. The number of hydrogen-bond donors (Lipinski definition) is 1. The van der Waals surface area contributed by atoms with Crippen LogP contribution in [0.25, 0.3) is 21.7 Å². The largest absolute Gasteiger partial charge is 0.421 e. The number of thiophene rings is 1. The second-order valence-corrected chi connectivity index (χ2v) is 10.2. The molecule has 0 atom stereocenters.